The van der Waals surface area contributed by atoms with E-state index in [1.165, 1.54) is 29.2 Å². The van der Waals surface area contributed by atoms with Crippen molar-refractivity contribution in [3.05, 3.63) is 71.5 Å². The normalized spacial score (nSPS) is 11.3. The van der Waals surface area contributed by atoms with Crippen molar-refractivity contribution in [1.29, 1.82) is 0 Å². The van der Waals surface area contributed by atoms with Crippen LogP contribution >= 0.6 is 11.6 Å². The predicted molar refractivity (Wildman–Crippen MR) is 93.1 cm³/mol. The number of hydrogen-bond acceptors (Lipinski definition) is 5. The lowest BCUT2D eigenvalue weighted by Crippen LogP contribution is -2.07. The van der Waals surface area contributed by atoms with E-state index >= 15 is 0 Å². The van der Waals surface area contributed by atoms with Gasteiger partial charge in [0.15, 0.2) is 9.84 Å². The van der Waals surface area contributed by atoms with E-state index in [9.17, 15) is 13.2 Å². The fourth-order valence-corrected chi connectivity index (χ4v) is 2.84. The Balaban J connectivity index is 1.77. The minimum atomic E-state index is -3.26. The summed E-state index contributed by atoms with van der Waals surface area (Å²) in [6.07, 6.45) is 4.03. The number of halogens is 1. The van der Waals surface area contributed by atoms with Gasteiger partial charge in [0.1, 0.15) is 5.75 Å². The second-order valence-electron chi connectivity index (χ2n) is 5.28. The third-order valence-electron chi connectivity index (χ3n) is 3.37. The number of carbonyl (C=O) groups excluding carboxylic acids is 1. The maximum absolute atomic E-state index is 12.1. The van der Waals surface area contributed by atoms with Crippen molar-refractivity contribution < 1.29 is 17.9 Å². The van der Waals surface area contributed by atoms with Crippen LogP contribution in [0.15, 0.2) is 65.8 Å². The summed E-state index contributed by atoms with van der Waals surface area (Å²) in [7, 11) is -3.26. The Labute approximate surface area is 149 Å². The second kappa shape index (κ2) is 6.70. The van der Waals surface area contributed by atoms with Gasteiger partial charge < -0.3 is 4.74 Å². The third-order valence-corrected chi connectivity index (χ3v) is 4.75. The summed E-state index contributed by atoms with van der Waals surface area (Å²) < 4.78 is 29.7. The largest absolute Gasteiger partial charge is 0.423 e. The molecule has 2 aromatic carbocycles. The van der Waals surface area contributed by atoms with Crippen molar-refractivity contribution in [3.8, 4) is 11.4 Å². The van der Waals surface area contributed by atoms with Crippen LogP contribution in [-0.4, -0.2) is 30.4 Å². The molecule has 6 nitrogen and oxygen atoms in total. The van der Waals surface area contributed by atoms with Gasteiger partial charge in [-0.15, -0.1) is 0 Å². The molecule has 0 bridgehead atoms. The number of ether oxygens (including phenoxy) is 1. The smallest absolute Gasteiger partial charge is 0.346 e. The number of esters is 1. The van der Waals surface area contributed by atoms with Crippen molar-refractivity contribution >= 4 is 27.4 Å². The van der Waals surface area contributed by atoms with Crippen molar-refractivity contribution in [2.24, 2.45) is 0 Å². The van der Waals surface area contributed by atoms with Crippen LogP contribution in [0.4, 0.5) is 0 Å². The molecule has 3 aromatic rings. The molecule has 1 heterocycles. The van der Waals surface area contributed by atoms with Crippen LogP contribution < -0.4 is 4.74 Å². The molecule has 0 atom stereocenters. The first-order chi connectivity index (χ1) is 11.8. The lowest BCUT2D eigenvalue weighted by molar-refractivity contribution is 0.0734. The Kier molecular flexibility index (Phi) is 4.61. The number of carbonyl (C=O) groups is 1. The van der Waals surface area contributed by atoms with Gasteiger partial charge >= 0.3 is 5.97 Å². The number of sulfone groups is 1. The van der Waals surface area contributed by atoms with Gasteiger partial charge in [0, 0.05) is 17.5 Å². The molecule has 0 fully saturated rings. The molecule has 0 N–H and O–H groups in total. The van der Waals surface area contributed by atoms with Gasteiger partial charge in [-0.05, 0) is 48.5 Å². The molecule has 0 saturated carbocycles. The first-order valence-electron chi connectivity index (χ1n) is 7.16. The van der Waals surface area contributed by atoms with Gasteiger partial charge in [-0.1, -0.05) is 11.6 Å². The van der Waals surface area contributed by atoms with Crippen molar-refractivity contribution in [3.63, 3.8) is 0 Å². The van der Waals surface area contributed by atoms with Gasteiger partial charge in [-0.2, -0.15) is 5.10 Å². The summed E-state index contributed by atoms with van der Waals surface area (Å²) in [6.45, 7) is 0. The standard InChI is InChI=1S/C17H13ClN2O4S/c1-25(22,23)16-8-4-14(5-9-16)20-11-12(10-19-20)17(21)24-15-6-2-13(18)3-7-15/h2-11H,1H3. The van der Waals surface area contributed by atoms with Crippen molar-refractivity contribution in [1.82, 2.24) is 9.78 Å². The van der Waals surface area contributed by atoms with Gasteiger partial charge in [-0.25, -0.2) is 17.9 Å². The van der Waals surface area contributed by atoms with Gasteiger partial charge in [0.2, 0.25) is 0 Å². The first kappa shape index (κ1) is 17.2. The first-order valence-corrected chi connectivity index (χ1v) is 9.43. The van der Waals surface area contributed by atoms with E-state index in [4.69, 9.17) is 16.3 Å². The zero-order valence-corrected chi connectivity index (χ0v) is 14.7. The Morgan fingerprint density at radius 1 is 1.08 bits per heavy atom. The van der Waals surface area contributed by atoms with E-state index < -0.39 is 15.8 Å². The van der Waals surface area contributed by atoms with Crippen LogP contribution in [0, 0.1) is 0 Å². The SMILES string of the molecule is CS(=O)(=O)c1ccc(-n2cc(C(=O)Oc3ccc(Cl)cc3)cn2)cc1. The summed E-state index contributed by atoms with van der Waals surface area (Å²) in [5.74, 6) is -0.180. The van der Waals surface area contributed by atoms with Gasteiger partial charge in [-0.3, -0.25) is 0 Å². The molecule has 0 spiro atoms. The van der Waals surface area contributed by atoms with E-state index in [-0.39, 0.29) is 10.5 Å². The predicted octanol–water partition coefficient (Wildman–Crippen LogP) is 3.15. The average Bonchev–Trinajstić information content (AvgIpc) is 3.06. The van der Waals surface area contributed by atoms with Crippen LogP contribution in [-0.2, 0) is 9.84 Å². The fourth-order valence-electron chi connectivity index (χ4n) is 2.08. The minimum Gasteiger partial charge on any atom is -0.423 e. The molecule has 3 rings (SSSR count). The summed E-state index contributed by atoms with van der Waals surface area (Å²) in [5.41, 5.74) is 0.889. The number of nitrogens with zero attached hydrogens (tertiary/aromatic N) is 2. The quantitative estimate of drug-likeness (QED) is 0.516. The average molecular weight is 377 g/mol. The van der Waals surface area contributed by atoms with E-state index in [0.29, 0.717) is 16.5 Å². The summed E-state index contributed by atoms with van der Waals surface area (Å²) in [6, 6.07) is 12.6. The summed E-state index contributed by atoms with van der Waals surface area (Å²) in [5, 5.41) is 4.65. The van der Waals surface area contributed by atoms with E-state index in [2.05, 4.69) is 5.10 Å². The minimum absolute atomic E-state index is 0.214. The zero-order valence-electron chi connectivity index (χ0n) is 13.1. The Morgan fingerprint density at radius 2 is 1.72 bits per heavy atom. The molecule has 0 aliphatic heterocycles. The van der Waals surface area contributed by atoms with E-state index in [0.717, 1.165) is 6.26 Å². The highest BCUT2D eigenvalue weighted by atomic mass is 35.5. The monoisotopic (exact) mass is 376 g/mol. The van der Waals surface area contributed by atoms with Gasteiger partial charge in [0.25, 0.3) is 0 Å². The number of aromatic nitrogens is 2. The maximum Gasteiger partial charge on any atom is 0.346 e. The van der Waals surface area contributed by atoms with Gasteiger partial charge in [0.05, 0.1) is 22.3 Å². The van der Waals surface area contributed by atoms with Crippen LogP contribution in [0.25, 0.3) is 5.69 Å². The Bertz CT molecular complexity index is 1010. The molecule has 25 heavy (non-hydrogen) atoms. The Hall–Kier alpha value is -2.64. The number of rotatable bonds is 4. The molecule has 0 aliphatic carbocycles. The molecular formula is C17H13ClN2O4S. The molecule has 0 amide bonds. The Morgan fingerprint density at radius 3 is 2.32 bits per heavy atom. The molecule has 1 aromatic heterocycles. The summed E-state index contributed by atoms with van der Waals surface area (Å²) in [4.78, 5) is 12.4. The zero-order chi connectivity index (χ0) is 18.0. The second-order valence-corrected chi connectivity index (χ2v) is 7.74. The lowest BCUT2D eigenvalue weighted by atomic mass is 10.3. The van der Waals surface area contributed by atoms with E-state index in [1.807, 2.05) is 0 Å². The number of hydrogen-bond donors (Lipinski definition) is 0. The van der Waals surface area contributed by atoms with Crippen molar-refractivity contribution in [2.75, 3.05) is 6.26 Å². The molecule has 0 radical (unpaired) electrons. The third kappa shape index (κ3) is 4.07. The van der Waals surface area contributed by atoms with Crippen LogP contribution in [0.3, 0.4) is 0 Å². The fraction of sp³-hybridized carbons (Fsp3) is 0.0588. The molecule has 0 unspecified atom stereocenters. The number of benzene rings is 2. The van der Waals surface area contributed by atoms with Crippen molar-refractivity contribution in [2.45, 2.75) is 4.90 Å². The highest BCUT2D eigenvalue weighted by Gasteiger charge is 2.13. The van der Waals surface area contributed by atoms with Crippen LogP contribution in [0.2, 0.25) is 5.02 Å². The highest BCUT2D eigenvalue weighted by molar-refractivity contribution is 7.90. The topological polar surface area (TPSA) is 78.3 Å². The molecule has 0 saturated heterocycles. The molecule has 128 valence electrons. The van der Waals surface area contributed by atoms with E-state index in [1.54, 1.807) is 36.4 Å². The maximum atomic E-state index is 12.1. The molecule has 8 heteroatoms. The van der Waals surface area contributed by atoms with Crippen LogP contribution in [0.1, 0.15) is 10.4 Å². The summed E-state index contributed by atoms with van der Waals surface area (Å²) >= 11 is 5.78. The van der Waals surface area contributed by atoms with Crippen LogP contribution in [0.5, 0.6) is 5.75 Å². The molecule has 0 aliphatic rings. The lowest BCUT2D eigenvalue weighted by Gasteiger charge is -2.03. The molecular weight excluding hydrogens is 364 g/mol. The highest BCUT2D eigenvalue weighted by Crippen LogP contribution is 2.18.